The number of hydrogen-bond donors (Lipinski definition) is 3. The Hall–Kier alpha value is -3.75. The molecule has 196 valence electrons. The number of phenolic OH excluding ortho intramolecular Hbond substituents is 1. The number of rotatable bonds is 9. The number of piperazine rings is 1. The molecule has 37 heavy (non-hydrogen) atoms. The van der Waals surface area contributed by atoms with Gasteiger partial charge < -0.3 is 25.0 Å². The summed E-state index contributed by atoms with van der Waals surface area (Å²) in [6.45, 7) is 7.99. The van der Waals surface area contributed by atoms with Gasteiger partial charge in [0.2, 0.25) is 0 Å². The van der Waals surface area contributed by atoms with Crippen LogP contribution >= 0.6 is 0 Å². The molecule has 1 aliphatic heterocycles. The van der Waals surface area contributed by atoms with E-state index in [-0.39, 0.29) is 23.9 Å². The largest absolute Gasteiger partial charge is 0.508 e. The molecule has 2 amide bonds. The first-order valence-corrected chi connectivity index (χ1v) is 12.8. The number of benzene rings is 3. The topological polar surface area (TPSA) is 94.3 Å². The molecule has 3 aromatic rings. The molecule has 1 heterocycles. The van der Waals surface area contributed by atoms with Crippen molar-refractivity contribution >= 4 is 23.1 Å². The van der Waals surface area contributed by atoms with Crippen LogP contribution in [0.3, 0.4) is 0 Å². The Balaban J connectivity index is 1.27. The molecule has 3 aromatic carbocycles. The number of amides is 2. The van der Waals surface area contributed by atoms with Crippen molar-refractivity contribution in [2.45, 2.75) is 39.0 Å². The fourth-order valence-electron chi connectivity index (χ4n) is 4.65. The smallest absolute Gasteiger partial charge is 0.336 e. The zero-order chi connectivity index (χ0) is 26.2. The highest BCUT2D eigenvalue weighted by atomic mass is 16.5. The summed E-state index contributed by atoms with van der Waals surface area (Å²) < 4.78 is 6.00. The van der Waals surface area contributed by atoms with Gasteiger partial charge in [0.15, 0.2) is 0 Å². The lowest BCUT2D eigenvalue weighted by molar-refractivity contribution is -0.00214. The lowest BCUT2D eigenvalue weighted by atomic mass is 10.1. The molecule has 1 saturated heterocycles. The van der Waals surface area contributed by atoms with E-state index in [1.54, 1.807) is 12.1 Å². The monoisotopic (exact) mass is 503 g/mol. The molecule has 2 atom stereocenters. The Bertz CT molecular complexity index is 1120. The van der Waals surface area contributed by atoms with Gasteiger partial charge >= 0.3 is 6.03 Å². The number of carbonyl (C=O) groups excluding carboxylic acids is 1. The van der Waals surface area contributed by atoms with Gasteiger partial charge in [-0.1, -0.05) is 37.3 Å². The number of urea groups is 1. The van der Waals surface area contributed by atoms with Gasteiger partial charge in [0.25, 0.3) is 0 Å². The molecule has 0 saturated carbocycles. The summed E-state index contributed by atoms with van der Waals surface area (Å²) in [5, 5.41) is 13.7. The summed E-state index contributed by atoms with van der Waals surface area (Å²) >= 11 is 0. The number of nitrogens with two attached hydrogens (primary N) is 1. The molecular weight excluding hydrogens is 466 g/mol. The van der Waals surface area contributed by atoms with E-state index < -0.39 is 0 Å². The van der Waals surface area contributed by atoms with Crippen LogP contribution < -0.4 is 21.0 Å². The zero-order valence-corrected chi connectivity index (χ0v) is 21.6. The molecule has 0 spiro atoms. The minimum absolute atomic E-state index is 0.219. The molecule has 4 rings (SSSR count). The van der Waals surface area contributed by atoms with Crippen LogP contribution in [-0.2, 0) is 11.3 Å². The summed E-state index contributed by atoms with van der Waals surface area (Å²) in [5.41, 5.74) is 4.01. The van der Waals surface area contributed by atoms with Gasteiger partial charge in [-0.2, -0.15) is 0 Å². The predicted octanol–water partition coefficient (Wildman–Crippen LogP) is 4.81. The van der Waals surface area contributed by atoms with E-state index in [0.717, 1.165) is 43.1 Å². The Morgan fingerprint density at radius 2 is 1.49 bits per heavy atom. The summed E-state index contributed by atoms with van der Waals surface area (Å²) in [7, 11) is 0. The van der Waals surface area contributed by atoms with E-state index >= 15 is 0 Å². The van der Waals surface area contributed by atoms with Crippen molar-refractivity contribution in [1.29, 1.82) is 0 Å². The molecule has 8 nitrogen and oxygen atoms in total. The van der Waals surface area contributed by atoms with Crippen molar-refractivity contribution in [3.63, 3.8) is 0 Å². The fourth-order valence-corrected chi connectivity index (χ4v) is 4.65. The highest BCUT2D eigenvalue weighted by molar-refractivity contribution is 5.89. The number of anilines is 3. The Kier molecular flexibility index (Phi) is 8.87. The standard InChI is InChI=1S/C29H37N5O3/c1-3-28(22(2)37-21-23-7-5-4-6-8-23)34(30)29(36)31-24-9-11-25(12-10-24)32-17-19-33(20-18-32)26-13-15-27(35)16-14-26/h4-16,22,28,35H,3,17-21,30H2,1-2H3,(H,31,36)/t22-,28+/m0/s1. The second kappa shape index (κ2) is 12.5. The van der Waals surface area contributed by atoms with Crippen LogP contribution in [0, 0.1) is 0 Å². The highest BCUT2D eigenvalue weighted by Crippen LogP contribution is 2.24. The maximum atomic E-state index is 12.9. The number of ether oxygens (including phenoxy) is 1. The van der Waals surface area contributed by atoms with Crippen molar-refractivity contribution < 1.29 is 14.6 Å². The predicted molar refractivity (Wildman–Crippen MR) is 149 cm³/mol. The van der Waals surface area contributed by atoms with Crippen LogP contribution in [0.25, 0.3) is 0 Å². The number of nitrogens with zero attached hydrogens (tertiary/aromatic N) is 3. The quantitative estimate of drug-likeness (QED) is 0.220. The van der Waals surface area contributed by atoms with Gasteiger partial charge in [-0.25, -0.2) is 10.6 Å². The number of nitrogens with one attached hydrogen (secondary N) is 1. The number of phenols is 1. The SMILES string of the molecule is CC[C@H]([C@H](C)OCc1ccccc1)N(N)C(=O)Nc1ccc(N2CCN(c3ccc(O)cc3)CC2)cc1. The summed E-state index contributed by atoms with van der Waals surface area (Å²) in [6, 6.07) is 24.5. The maximum absolute atomic E-state index is 12.9. The highest BCUT2D eigenvalue weighted by Gasteiger charge is 2.26. The van der Waals surface area contributed by atoms with E-state index in [1.807, 2.05) is 80.6 Å². The lowest BCUT2D eigenvalue weighted by Gasteiger charge is -2.37. The van der Waals surface area contributed by atoms with Crippen LogP contribution in [-0.4, -0.2) is 54.5 Å². The number of hydrogen-bond acceptors (Lipinski definition) is 6. The molecule has 0 aromatic heterocycles. The molecule has 1 aliphatic rings. The third-order valence-electron chi connectivity index (χ3n) is 6.89. The summed E-state index contributed by atoms with van der Waals surface area (Å²) in [6.07, 6.45) is 0.457. The first-order valence-electron chi connectivity index (χ1n) is 12.8. The van der Waals surface area contributed by atoms with E-state index in [0.29, 0.717) is 18.7 Å². The van der Waals surface area contributed by atoms with E-state index in [9.17, 15) is 9.90 Å². The van der Waals surface area contributed by atoms with Crippen molar-refractivity contribution in [2.24, 2.45) is 5.84 Å². The van der Waals surface area contributed by atoms with Crippen LogP contribution in [0.2, 0.25) is 0 Å². The first kappa shape index (κ1) is 26.3. The van der Waals surface area contributed by atoms with Crippen molar-refractivity contribution in [1.82, 2.24) is 5.01 Å². The molecule has 4 N–H and O–H groups in total. The third-order valence-corrected chi connectivity index (χ3v) is 6.89. The molecular formula is C29H37N5O3. The molecule has 0 bridgehead atoms. The average Bonchev–Trinajstić information content (AvgIpc) is 2.94. The first-order chi connectivity index (χ1) is 17.9. The lowest BCUT2D eigenvalue weighted by Crippen LogP contribution is -2.52. The van der Waals surface area contributed by atoms with Gasteiger partial charge in [0.1, 0.15) is 5.75 Å². The van der Waals surface area contributed by atoms with E-state index in [1.165, 1.54) is 5.01 Å². The van der Waals surface area contributed by atoms with Gasteiger partial charge in [-0.05, 0) is 67.4 Å². The van der Waals surface area contributed by atoms with Crippen molar-refractivity contribution in [3.8, 4) is 5.75 Å². The minimum Gasteiger partial charge on any atom is -0.508 e. The van der Waals surface area contributed by atoms with Crippen LogP contribution in [0.4, 0.5) is 21.9 Å². The maximum Gasteiger partial charge on any atom is 0.336 e. The zero-order valence-electron chi connectivity index (χ0n) is 21.6. The molecule has 0 aliphatic carbocycles. The van der Waals surface area contributed by atoms with Crippen LogP contribution in [0.1, 0.15) is 25.8 Å². The number of aromatic hydroxyl groups is 1. The minimum atomic E-state index is -0.364. The Morgan fingerprint density at radius 1 is 0.946 bits per heavy atom. The Morgan fingerprint density at radius 3 is 2.03 bits per heavy atom. The summed E-state index contributed by atoms with van der Waals surface area (Å²) in [4.78, 5) is 17.5. The van der Waals surface area contributed by atoms with Gasteiger partial charge in [0, 0.05) is 43.2 Å². The molecule has 1 fully saturated rings. The molecule has 8 heteroatoms. The van der Waals surface area contributed by atoms with Crippen molar-refractivity contribution in [3.05, 3.63) is 84.4 Å². The molecule has 0 radical (unpaired) electrons. The van der Waals surface area contributed by atoms with E-state index in [4.69, 9.17) is 10.6 Å². The van der Waals surface area contributed by atoms with Crippen LogP contribution in [0.5, 0.6) is 5.75 Å². The second-order valence-corrected chi connectivity index (χ2v) is 9.35. The Labute approximate surface area is 219 Å². The fraction of sp³-hybridized carbons (Fsp3) is 0.345. The third kappa shape index (κ3) is 6.93. The van der Waals surface area contributed by atoms with Gasteiger partial charge in [-0.3, -0.25) is 5.01 Å². The summed E-state index contributed by atoms with van der Waals surface area (Å²) in [5.74, 6) is 6.50. The van der Waals surface area contributed by atoms with Gasteiger partial charge in [-0.15, -0.1) is 0 Å². The van der Waals surface area contributed by atoms with Crippen LogP contribution in [0.15, 0.2) is 78.9 Å². The number of hydrazine groups is 1. The number of carbonyl (C=O) groups is 1. The average molecular weight is 504 g/mol. The molecule has 0 unspecified atom stereocenters. The normalized spacial score (nSPS) is 15.2. The second-order valence-electron chi connectivity index (χ2n) is 9.35. The van der Waals surface area contributed by atoms with Crippen molar-refractivity contribution in [2.75, 3.05) is 41.3 Å². The van der Waals surface area contributed by atoms with Gasteiger partial charge in [0.05, 0.1) is 18.8 Å². The van der Waals surface area contributed by atoms with E-state index in [2.05, 4.69) is 15.1 Å².